The number of nitrogens with zero attached hydrogens (tertiary/aromatic N) is 2. The van der Waals surface area contributed by atoms with Crippen molar-refractivity contribution in [3.8, 4) is 0 Å². The van der Waals surface area contributed by atoms with E-state index in [1.165, 1.54) is 20.9 Å². The molecule has 4 rings (SSSR count). The fraction of sp³-hybridized carbons (Fsp3) is 0.348. The molecule has 1 aliphatic rings. The molecule has 0 saturated carbocycles. The highest BCUT2D eigenvalue weighted by Gasteiger charge is 2.29. The second-order valence-corrected chi connectivity index (χ2v) is 8.95. The minimum absolute atomic E-state index is 0.173. The molecule has 1 aromatic carbocycles. The molecule has 156 valence electrons. The highest BCUT2D eigenvalue weighted by molar-refractivity contribution is 7.17. The van der Waals surface area contributed by atoms with E-state index in [4.69, 9.17) is 0 Å². The Balaban J connectivity index is 1.68. The van der Waals surface area contributed by atoms with Crippen molar-refractivity contribution in [1.29, 1.82) is 0 Å². The third-order valence-corrected chi connectivity index (χ3v) is 6.90. The zero-order valence-corrected chi connectivity index (χ0v) is 18.3. The molecule has 7 heteroatoms. The predicted molar refractivity (Wildman–Crippen MR) is 120 cm³/mol. The largest absolute Gasteiger partial charge is 0.322 e. The number of anilines is 2. The number of amides is 2. The average Bonchev–Trinajstić information content (AvgIpc) is 3.30. The van der Waals surface area contributed by atoms with Gasteiger partial charge in [-0.05, 0) is 61.4 Å². The van der Waals surface area contributed by atoms with Gasteiger partial charge in [-0.1, -0.05) is 25.5 Å². The van der Waals surface area contributed by atoms with Crippen molar-refractivity contribution in [2.45, 2.75) is 39.5 Å². The lowest BCUT2D eigenvalue weighted by Gasteiger charge is -2.21. The van der Waals surface area contributed by atoms with Crippen molar-refractivity contribution in [2.24, 2.45) is 13.0 Å². The van der Waals surface area contributed by atoms with Crippen LogP contribution in [0.1, 0.15) is 56.6 Å². The quantitative estimate of drug-likeness (QED) is 0.620. The van der Waals surface area contributed by atoms with Crippen LogP contribution in [0.4, 0.5) is 10.7 Å². The summed E-state index contributed by atoms with van der Waals surface area (Å²) in [7, 11) is 1.73. The van der Waals surface area contributed by atoms with Crippen molar-refractivity contribution in [1.82, 2.24) is 9.78 Å². The summed E-state index contributed by atoms with van der Waals surface area (Å²) in [5, 5.41) is 10.7. The first-order valence-electron chi connectivity index (χ1n) is 10.3. The van der Waals surface area contributed by atoms with Crippen LogP contribution in [0.15, 0.2) is 36.5 Å². The van der Waals surface area contributed by atoms with Gasteiger partial charge in [0.2, 0.25) is 0 Å². The van der Waals surface area contributed by atoms with Gasteiger partial charge in [0.1, 0.15) is 10.7 Å². The van der Waals surface area contributed by atoms with Crippen molar-refractivity contribution in [2.75, 3.05) is 10.6 Å². The summed E-state index contributed by atoms with van der Waals surface area (Å²) in [6.45, 7) is 4.20. The minimum atomic E-state index is -0.259. The zero-order valence-electron chi connectivity index (χ0n) is 17.5. The van der Waals surface area contributed by atoms with Gasteiger partial charge in [-0.15, -0.1) is 11.3 Å². The molecular weight excluding hydrogens is 396 g/mol. The number of thiophene rings is 1. The first kappa shape index (κ1) is 20.3. The number of fused-ring (bicyclic) bond motifs is 1. The van der Waals surface area contributed by atoms with Crippen LogP contribution in [0.5, 0.6) is 0 Å². The van der Waals surface area contributed by atoms with Crippen LogP contribution in [-0.4, -0.2) is 21.6 Å². The SMILES string of the molecule is CC[C@@H]1CCc2c(sc(NC(=O)c3ccnn3C)c2C(=O)Nc2cccc(C)c2)C1. The normalized spacial score (nSPS) is 15.5. The molecule has 30 heavy (non-hydrogen) atoms. The van der Waals surface area contributed by atoms with Gasteiger partial charge in [0.15, 0.2) is 0 Å². The molecule has 2 amide bonds. The van der Waals surface area contributed by atoms with E-state index in [0.717, 1.165) is 42.5 Å². The van der Waals surface area contributed by atoms with E-state index >= 15 is 0 Å². The first-order chi connectivity index (χ1) is 14.5. The summed E-state index contributed by atoms with van der Waals surface area (Å²) < 4.78 is 1.53. The van der Waals surface area contributed by atoms with Crippen molar-refractivity contribution >= 4 is 33.8 Å². The zero-order chi connectivity index (χ0) is 21.3. The number of carbonyl (C=O) groups is 2. The third-order valence-electron chi connectivity index (χ3n) is 5.73. The lowest BCUT2D eigenvalue weighted by atomic mass is 9.85. The highest BCUT2D eigenvalue weighted by atomic mass is 32.1. The molecule has 0 fully saturated rings. The van der Waals surface area contributed by atoms with Gasteiger partial charge in [0.05, 0.1) is 5.56 Å². The minimum Gasteiger partial charge on any atom is -0.322 e. The molecular formula is C23H26N4O2S. The summed E-state index contributed by atoms with van der Waals surface area (Å²) in [6.07, 6.45) is 5.61. The summed E-state index contributed by atoms with van der Waals surface area (Å²) in [5.74, 6) is 0.197. The van der Waals surface area contributed by atoms with Crippen LogP contribution in [0.2, 0.25) is 0 Å². The number of aryl methyl sites for hydroxylation is 2. The van der Waals surface area contributed by atoms with Crippen molar-refractivity contribution < 1.29 is 9.59 Å². The van der Waals surface area contributed by atoms with Gasteiger partial charge < -0.3 is 10.6 Å². The van der Waals surface area contributed by atoms with Crippen LogP contribution in [0.3, 0.4) is 0 Å². The fourth-order valence-electron chi connectivity index (χ4n) is 4.01. The molecule has 0 radical (unpaired) electrons. The number of hydrogen-bond acceptors (Lipinski definition) is 4. The van der Waals surface area contributed by atoms with Gasteiger partial charge in [0, 0.05) is 23.8 Å². The van der Waals surface area contributed by atoms with E-state index < -0.39 is 0 Å². The number of nitrogens with one attached hydrogen (secondary N) is 2. The molecule has 0 unspecified atom stereocenters. The maximum atomic E-state index is 13.3. The number of hydrogen-bond donors (Lipinski definition) is 2. The highest BCUT2D eigenvalue weighted by Crippen LogP contribution is 2.41. The molecule has 1 atom stereocenters. The smallest absolute Gasteiger partial charge is 0.274 e. The Labute approximate surface area is 180 Å². The van der Waals surface area contributed by atoms with Gasteiger partial charge in [-0.2, -0.15) is 5.10 Å². The Morgan fingerprint density at radius 3 is 2.77 bits per heavy atom. The van der Waals surface area contributed by atoms with Crippen LogP contribution in [0, 0.1) is 12.8 Å². The van der Waals surface area contributed by atoms with Crippen LogP contribution in [0.25, 0.3) is 0 Å². The molecule has 0 aliphatic heterocycles. The monoisotopic (exact) mass is 422 g/mol. The maximum absolute atomic E-state index is 13.3. The standard InChI is InChI=1S/C23H26N4O2S/c1-4-15-8-9-17-19(13-15)30-23(26-21(28)18-10-11-24-27(18)3)20(17)22(29)25-16-7-5-6-14(2)12-16/h5-7,10-12,15H,4,8-9,13H2,1-3H3,(H,25,29)(H,26,28)/t15-/m1/s1. The Bertz CT molecular complexity index is 1100. The lowest BCUT2D eigenvalue weighted by Crippen LogP contribution is -2.20. The number of rotatable bonds is 5. The summed E-state index contributed by atoms with van der Waals surface area (Å²) in [4.78, 5) is 27.3. The molecule has 0 bridgehead atoms. The van der Waals surface area contributed by atoms with E-state index in [9.17, 15) is 9.59 Å². The Hall–Kier alpha value is -2.93. The van der Waals surface area contributed by atoms with Crippen molar-refractivity contribution in [3.63, 3.8) is 0 Å². The molecule has 3 aromatic rings. The molecule has 2 N–H and O–H groups in total. The van der Waals surface area contributed by atoms with E-state index in [1.807, 2.05) is 31.2 Å². The van der Waals surface area contributed by atoms with E-state index in [1.54, 1.807) is 19.3 Å². The van der Waals surface area contributed by atoms with Gasteiger partial charge in [0.25, 0.3) is 11.8 Å². The first-order valence-corrected chi connectivity index (χ1v) is 11.1. The van der Waals surface area contributed by atoms with E-state index in [-0.39, 0.29) is 11.8 Å². The summed E-state index contributed by atoms with van der Waals surface area (Å²) in [5.41, 5.74) is 3.97. The Morgan fingerprint density at radius 1 is 1.23 bits per heavy atom. The summed E-state index contributed by atoms with van der Waals surface area (Å²) >= 11 is 1.53. The molecule has 6 nitrogen and oxygen atoms in total. The predicted octanol–water partition coefficient (Wildman–Crippen LogP) is 4.81. The second kappa shape index (κ2) is 8.44. The van der Waals surface area contributed by atoms with Gasteiger partial charge in [-0.25, -0.2) is 0 Å². The Kier molecular flexibility index (Phi) is 5.72. The van der Waals surface area contributed by atoms with E-state index in [0.29, 0.717) is 22.2 Å². The number of aromatic nitrogens is 2. The Morgan fingerprint density at radius 2 is 2.07 bits per heavy atom. The molecule has 0 spiro atoms. The topological polar surface area (TPSA) is 76.0 Å². The summed E-state index contributed by atoms with van der Waals surface area (Å²) in [6, 6.07) is 9.41. The van der Waals surface area contributed by atoms with Crippen molar-refractivity contribution in [3.05, 3.63) is 63.8 Å². The van der Waals surface area contributed by atoms with Crippen LogP contribution in [-0.2, 0) is 19.9 Å². The van der Waals surface area contributed by atoms with Crippen LogP contribution < -0.4 is 10.6 Å². The second-order valence-electron chi connectivity index (χ2n) is 7.84. The molecule has 2 aromatic heterocycles. The van der Waals surface area contributed by atoms with Gasteiger partial charge in [-0.3, -0.25) is 14.3 Å². The average molecular weight is 423 g/mol. The fourth-order valence-corrected chi connectivity index (χ4v) is 5.37. The molecule has 1 aliphatic carbocycles. The van der Waals surface area contributed by atoms with Gasteiger partial charge >= 0.3 is 0 Å². The van der Waals surface area contributed by atoms with Crippen LogP contribution >= 0.6 is 11.3 Å². The molecule has 2 heterocycles. The molecule has 0 saturated heterocycles. The number of benzene rings is 1. The van der Waals surface area contributed by atoms with E-state index in [2.05, 4.69) is 22.7 Å². The third kappa shape index (κ3) is 4.03. The number of carbonyl (C=O) groups excluding carboxylic acids is 2. The maximum Gasteiger partial charge on any atom is 0.274 e. The lowest BCUT2D eigenvalue weighted by molar-refractivity contribution is 0.101.